The fourth-order valence-corrected chi connectivity index (χ4v) is 5.44. The molecule has 0 amide bonds. The highest BCUT2D eigenvalue weighted by Crippen LogP contribution is 2.59. The molecular formula is C18H20N2O2. The molecule has 4 atom stereocenters. The number of nitrogens with zero attached hydrogens (tertiary/aromatic N) is 2. The Hall–Kier alpha value is -1.89. The number of rotatable bonds is 0. The normalized spacial score (nSPS) is 36.2. The highest BCUT2D eigenvalue weighted by atomic mass is 16.3. The average molecular weight is 296 g/mol. The van der Waals surface area contributed by atoms with Crippen LogP contribution >= 0.6 is 0 Å². The van der Waals surface area contributed by atoms with Crippen LogP contribution in [0.15, 0.2) is 12.1 Å². The van der Waals surface area contributed by atoms with Gasteiger partial charge in [0.2, 0.25) is 5.39 Å². The largest absolute Gasteiger partial charge is 0.867 e. The third kappa shape index (κ3) is 1.68. The van der Waals surface area contributed by atoms with Crippen molar-refractivity contribution in [2.75, 3.05) is 0 Å². The van der Waals surface area contributed by atoms with E-state index >= 15 is 0 Å². The number of Topliss-reactive ketones (excluding diaryl/α,β-unsaturated/α-hetero) is 1. The van der Waals surface area contributed by atoms with Crippen LogP contribution in [-0.4, -0.2) is 5.78 Å². The van der Waals surface area contributed by atoms with E-state index in [9.17, 15) is 9.90 Å². The summed E-state index contributed by atoms with van der Waals surface area (Å²) in [4.78, 5) is 15.4. The van der Waals surface area contributed by atoms with Crippen molar-refractivity contribution in [2.45, 2.75) is 51.4 Å². The smallest absolute Gasteiger partial charge is 0.377 e. The van der Waals surface area contributed by atoms with Gasteiger partial charge < -0.3 is 5.11 Å². The monoisotopic (exact) mass is 296 g/mol. The van der Waals surface area contributed by atoms with Crippen molar-refractivity contribution in [2.24, 2.45) is 17.3 Å². The first-order valence-corrected chi connectivity index (χ1v) is 8.27. The zero-order valence-electron chi connectivity index (χ0n) is 12.8. The van der Waals surface area contributed by atoms with Crippen molar-refractivity contribution in [1.29, 1.82) is 5.39 Å². The van der Waals surface area contributed by atoms with Gasteiger partial charge in [-0.3, -0.25) is 4.79 Å². The lowest BCUT2D eigenvalue weighted by Gasteiger charge is -2.48. The number of aryl methyl sites for hydroxylation is 1. The van der Waals surface area contributed by atoms with Crippen molar-refractivity contribution < 1.29 is 9.90 Å². The summed E-state index contributed by atoms with van der Waals surface area (Å²) in [6.07, 6.45) is 5.66. The predicted octanol–water partition coefficient (Wildman–Crippen LogP) is 3.67. The molecule has 4 nitrogen and oxygen atoms in total. The zero-order valence-corrected chi connectivity index (χ0v) is 12.8. The first-order chi connectivity index (χ1) is 10.5. The maximum atomic E-state index is 12.3. The van der Waals surface area contributed by atoms with Crippen molar-refractivity contribution in [3.05, 3.63) is 28.2 Å². The molecule has 1 aromatic carbocycles. The molecule has 4 rings (SSSR count). The van der Waals surface area contributed by atoms with Gasteiger partial charge in [-0.1, -0.05) is 13.0 Å². The molecule has 0 aliphatic heterocycles. The van der Waals surface area contributed by atoms with Crippen LogP contribution in [0, 0.1) is 22.6 Å². The molecule has 3 aliphatic rings. The molecule has 2 saturated carbocycles. The number of benzene rings is 1. The second kappa shape index (κ2) is 4.55. The Bertz CT molecular complexity index is 706. The van der Waals surface area contributed by atoms with Gasteiger partial charge in [-0.15, -0.1) is 0 Å². The van der Waals surface area contributed by atoms with E-state index in [2.05, 4.69) is 11.9 Å². The summed E-state index contributed by atoms with van der Waals surface area (Å²) in [5.41, 5.74) is 2.33. The minimum atomic E-state index is -0.198. The maximum absolute atomic E-state index is 12.3. The van der Waals surface area contributed by atoms with Crippen LogP contribution < -0.4 is 5.11 Å². The van der Waals surface area contributed by atoms with E-state index in [1.807, 2.05) is 0 Å². The Balaban J connectivity index is 1.76. The summed E-state index contributed by atoms with van der Waals surface area (Å²) in [6, 6.07) is 3.43. The third-order valence-corrected chi connectivity index (χ3v) is 6.62. The molecule has 1 aromatic rings. The van der Waals surface area contributed by atoms with Crippen molar-refractivity contribution in [3.63, 3.8) is 0 Å². The lowest BCUT2D eigenvalue weighted by Crippen LogP contribution is -2.42. The van der Waals surface area contributed by atoms with Gasteiger partial charge in [-0.05, 0) is 66.7 Å². The SMILES string of the molecule is CC12CCC3c4cc([N+]#N)c([O-])cc4CCC3C1CCC2=O. The summed E-state index contributed by atoms with van der Waals surface area (Å²) in [5, 5.41) is 20.9. The van der Waals surface area contributed by atoms with Crippen LogP contribution in [0.1, 0.15) is 56.1 Å². The van der Waals surface area contributed by atoms with E-state index < -0.39 is 0 Å². The van der Waals surface area contributed by atoms with Gasteiger partial charge in [-0.2, -0.15) is 0 Å². The number of diazo groups is 1. The quantitative estimate of drug-likeness (QED) is 0.686. The van der Waals surface area contributed by atoms with Gasteiger partial charge in [0.1, 0.15) is 5.78 Å². The summed E-state index contributed by atoms with van der Waals surface area (Å²) >= 11 is 0. The van der Waals surface area contributed by atoms with Gasteiger partial charge in [0.15, 0.2) is 4.98 Å². The van der Waals surface area contributed by atoms with Crippen LogP contribution in [0.2, 0.25) is 0 Å². The molecule has 0 spiro atoms. The van der Waals surface area contributed by atoms with Gasteiger partial charge in [0, 0.05) is 17.9 Å². The topological polar surface area (TPSA) is 68.3 Å². The van der Waals surface area contributed by atoms with Crippen LogP contribution in [-0.2, 0) is 11.2 Å². The Morgan fingerprint density at radius 1 is 1.27 bits per heavy atom. The molecule has 0 saturated heterocycles. The first-order valence-electron chi connectivity index (χ1n) is 8.27. The molecule has 2 fully saturated rings. The van der Waals surface area contributed by atoms with Gasteiger partial charge in [-0.25, -0.2) is 0 Å². The molecule has 0 N–H and O–H groups in total. The molecule has 0 radical (unpaired) electrons. The van der Waals surface area contributed by atoms with E-state index in [1.54, 1.807) is 12.1 Å². The zero-order chi connectivity index (χ0) is 15.5. The van der Waals surface area contributed by atoms with Crippen LogP contribution in [0.4, 0.5) is 5.69 Å². The van der Waals surface area contributed by atoms with Crippen molar-refractivity contribution in [3.8, 4) is 5.75 Å². The minimum absolute atomic E-state index is 0.124. The third-order valence-electron chi connectivity index (χ3n) is 6.62. The lowest BCUT2D eigenvalue weighted by molar-refractivity contribution is -0.267. The first kappa shape index (κ1) is 13.8. The number of ketones is 1. The van der Waals surface area contributed by atoms with E-state index in [0.29, 0.717) is 23.5 Å². The van der Waals surface area contributed by atoms with Crippen LogP contribution in [0.3, 0.4) is 0 Å². The second-order valence-corrected chi connectivity index (χ2v) is 7.45. The number of fused-ring (bicyclic) bond motifs is 5. The Morgan fingerprint density at radius 2 is 2.09 bits per heavy atom. The summed E-state index contributed by atoms with van der Waals surface area (Å²) in [5.74, 6) is 1.67. The molecule has 22 heavy (non-hydrogen) atoms. The van der Waals surface area contributed by atoms with Crippen molar-refractivity contribution in [1.82, 2.24) is 0 Å². The Kier molecular flexibility index (Phi) is 2.84. The van der Waals surface area contributed by atoms with E-state index in [1.165, 1.54) is 5.56 Å². The number of carbonyl (C=O) groups is 1. The highest BCUT2D eigenvalue weighted by molar-refractivity contribution is 5.87. The molecule has 114 valence electrons. The maximum Gasteiger partial charge on any atom is 0.377 e. The molecule has 3 aliphatic carbocycles. The summed E-state index contributed by atoms with van der Waals surface area (Å²) < 4.78 is 0. The van der Waals surface area contributed by atoms with Gasteiger partial charge in [0.25, 0.3) is 0 Å². The molecule has 4 unspecified atom stereocenters. The molecule has 0 heterocycles. The van der Waals surface area contributed by atoms with Crippen molar-refractivity contribution >= 4 is 11.5 Å². The van der Waals surface area contributed by atoms with E-state index in [0.717, 1.165) is 44.1 Å². The predicted molar refractivity (Wildman–Crippen MR) is 80.3 cm³/mol. The molecular weight excluding hydrogens is 276 g/mol. The molecule has 4 heteroatoms. The van der Waals surface area contributed by atoms with Crippen LogP contribution in [0.25, 0.3) is 4.98 Å². The summed E-state index contributed by atoms with van der Waals surface area (Å²) in [7, 11) is 0. The van der Waals surface area contributed by atoms with E-state index in [4.69, 9.17) is 5.39 Å². The fourth-order valence-electron chi connectivity index (χ4n) is 5.44. The minimum Gasteiger partial charge on any atom is -0.867 e. The van der Waals surface area contributed by atoms with E-state index in [-0.39, 0.29) is 16.9 Å². The summed E-state index contributed by atoms with van der Waals surface area (Å²) in [6.45, 7) is 2.16. The Labute approximate surface area is 130 Å². The fraction of sp³-hybridized carbons (Fsp3) is 0.611. The highest BCUT2D eigenvalue weighted by Gasteiger charge is 2.54. The standard InChI is InChI=1S/C18H20N2O2/c1-18-7-6-11-12(14(18)4-5-17(18)22)3-2-10-8-16(21)15(20-19)9-13(10)11/h8-9,11-12,14H,2-7H2,1H3. The number of hydrogen-bond acceptors (Lipinski definition) is 3. The Morgan fingerprint density at radius 3 is 2.86 bits per heavy atom. The van der Waals surface area contributed by atoms with Crippen LogP contribution in [0.5, 0.6) is 5.75 Å². The number of carbonyl (C=O) groups excluding carboxylic acids is 1. The molecule has 0 aromatic heterocycles. The lowest BCUT2D eigenvalue weighted by atomic mass is 9.55. The van der Waals surface area contributed by atoms with Gasteiger partial charge in [0.05, 0.1) is 0 Å². The molecule has 0 bridgehead atoms. The number of hydrogen-bond donors (Lipinski definition) is 0. The van der Waals surface area contributed by atoms with Gasteiger partial charge >= 0.3 is 5.69 Å². The second-order valence-electron chi connectivity index (χ2n) is 7.45. The average Bonchev–Trinajstić information content (AvgIpc) is 2.82.